The highest BCUT2D eigenvalue weighted by Gasteiger charge is 2.43. The number of aromatic nitrogens is 3. The number of alkyl halides is 3. The molecule has 0 spiro atoms. The van der Waals surface area contributed by atoms with Crippen molar-refractivity contribution in [1.82, 2.24) is 45.2 Å². The van der Waals surface area contributed by atoms with Crippen molar-refractivity contribution < 1.29 is 37.1 Å². The van der Waals surface area contributed by atoms with Gasteiger partial charge in [0.15, 0.2) is 0 Å². The van der Waals surface area contributed by atoms with Crippen molar-refractivity contribution in [2.75, 3.05) is 64.7 Å². The fourth-order valence-electron chi connectivity index (χ4n) is 9.83. The lowest BCUT2D eigenvalue weighted by Crippen LogP contribution is -2.53. The van der Waals surface area contributed by atoms with Gasteiger partial charge in [0.2, 0.25) is 29.5 Å². The molecule has 3 aliphatic heterocycles. The highest BCUT2D eigenvalue weighted by molar-refractivity contribution is 5.93. The van der Waals surface area contributed by atoms with Gasteiger partial charge in [-0.25, -0.2) is 9.97 Å². The molecule has 0 radical (unpaired) electrons. The molecule has 4 fully saturated rings. The van der Waals surface area contributed by atoms with Gasteiger partial charge in [-0.05, 0) is 74.8 Å². The maximum atomic E-state index is 13.4. The summed E-state index contributed by atoms with van der Waals surface area (Å²) in [5.74, 6) is -0.435. The Morgan fingerprint density at radius 2 is 1.56 bits per heavy atom. The number of anilines is 1. The first-order chi connectivity index (χ1) is 30.9. The second-order valence-electron chi connectivity index (χ2n) is 17.7. The van der Waals surface area contributed by atoms with Crippen LogP contribution < -0.4 is 16.0 Å². The molecule has 2 aromatic heterocycles. The minimum Gasteiger partial charge on any atom is -0.358 e. The van der Waals surface area contributed by atoms with Crippen LogP contribution in [-0.4, -0.2) is 136 Å². The van der Waals surface area contributed by atoms with Crippen LogP contribution in [0, 0.1) is 11.8 Å². The van der Waals surface area contributed by atoms with E-state index >= 15 is 0 Å². The number of piperazine rings is 1. The largest absolute Gasteiger partial charge is 0.416 e. The van der Waals surface area contributed by atoms with Crippen molar-refractivity contribution >= 4 is 46.3 Å². The molecule has 15 nitrogen and oxygen atoms in total. The summed E-state index contributed by atoms with van der Waals surface area (Å²) in [5.41, 5.74) is 0.395. The zero-order valence-corrected chi connectivity index (χ0v) is 36.7. The number of carbonyl (C=O) groups excluding carboxylic acids is 5. The highest BCUT2D eigenvalue weighted by atomic mass is 19.4. The molecule has 1 aliphatic carbocycles. The Morgan fingerprint density at radius 1 is 0.828 bits per heavy atom. The van der Waals surface area contributed by atoms with Crippen LogP contribution in [0.4, 0.5) is 19.0 Å². The van der Waals surface area contributed by atoms with E-state index in [-0.39, 0.29) is 59.1 Å². The van der Waals surface area contributed by atoms with E-state index in [1.54, 1.807) is 29.2 Å². The number of rotatable bonds is 18. The van der Waals surface area contributed by atoms with Gasteiger partial charge in [-0.2, -0.15) is 13.2 Å². The van der Waals surface area contributed by atoms with E-state index < -0.39 is 23.7 Å². The number of nitrogens with zero attached hydrogens (tertiary/aromatic N) is 7. The van der Waals surface area contributed by atoms with Crippen molar-refractivity contribution in [1.29, 1.82) is 0 Å². The second-order valence-corrected chi connectivity index (χ2v) is 17.7. The molecule has 1 aromatic carbocycles. The zero-order chi connectivity index (χ0) is 45.2. The summed E-state index contributed by atoms with van der Waals surface area (Å²) in [5, 5.41) is 9.27. The van der Waals surface area contributed by atoms with E-state index in [1.165, 1.54) is 12.4 Å². The van der Waals surface area contributed by atoms with E-state index in [1.807, 2.05) is 17.0 Å². The SMILES string of the molecule is CN1C(=O)C[C@H](C(=O)NCCCCCCCCC(=O)N2CCN([C@H]3CC[C@H](C(=O)NCCN4CC[C@H](Nc5ncnc6ccc(C(F)(F)F)cc56)C4=O)CC3)CC2)[C@H]1c1cccnc1. The molecular formula is C46H61F3N10O5. The van der Waals surface area contributed by atoms with Crippen LogP contribution in [0.25, 0.3) is 10.9 Å². The lowest BCUT2D eigenvalue weighted by Gasteiger charge is -2.41. The van der Waals surface area contributed by atoms with Crippen LogP contribution in [-0.2, 0) is 30.1 Å². The Morgan fingerprint density at radius 3 is 2.30 bits per heavy atom. The molecule has 3 atom stereocenters. The van der Waals surface area contributed by atoms with Gasteiger partial charge >= 0.3 is 6.18 Å². The maximum Gasteiger partial charge on any atom is 0.416 e. The lowest BCUT2D eigenvalue weighted by atomic mass is 9.84. The summed E-state index contributed by atoms with van der Waals surface area (Å²) in [6.45, 7) is 4.81. The van der Waals surface area contributed by atoms with E-state index in [2.05, 4.69) is 35.8 Å². The third-order valence-electron chi connectivity index (χ3n) is 13.6. The standard InChI is InChI=1S/C46H61F3N10O5/c1-56-40(61)28-36(41(56)32-9-8-18-50-29-32)44(63)51-19-7-5-3-2-4-6-10-39(60)58-25-23-57(24-26-58)34-14-11-31(12-15-34)43(62)52-20-22-59-21-17-38(45(59)64)55-42-35-27-33(46(47,48)49)13-16-37(35)53-30-54-42/h8-9,13,16,18,27,29-31,34,36,38,41H,2-7,10-12,14-15,17,19-26,28H2,1H3,(H,51,63)(H,52,62)(H,53,54,55)/t31-,34-,36-,38-,41+/m0/s1. The lowest BCUT2D eigenvalue weighted by molar-refractivity contribution is -0.137. The minimum atomic E-state index is -4.52. The van der Waals surface area contributed by atoms with Gasteiger partial charge in [0.05, 0.1) is 23.0 Å². The first kappa shape index (κ1) is 46.6. The number of pyridine rings is 1. The van der Waals surface area contributed by atoms with Gasteiger partial charge in [-0.15, -0.1) is 0 Å². The third-order valence-corrected chi connectivity index (χ3v) is 13.6. The number of unbranched alkanes of at least 4 members (excludes halogenated alkanes) is 5. The Hall–Kier alpha value is -5.39. The number of halogens is 3. The monoisotopic (exact) mass is 890 g/mol. The fourth-order valence-corrected chi connectivity index (χ4v) is 9.83. The molecule has 3 saturated heterocycles. The first-order valence-electron chi connectivity index (χ1n) is 23.0. The first-order valence-corrected chi connectivity index (χ1v) is 23.0. The summed E-state index contributed by atoms with van der Waals surface area (Å²) in [6.07, 6.45) is 10.6. The average Bonchev–Trinajstić information content (AvgIpc) is 3.81. The molecule has 5 amide bonds. The van der Waals surface area contributed by atoms with Gasteiger partial charge in [-0.3, -0.25) is 33.9 Å². The molecule has 4 aliphatic rings. The molecule has 0 unspecified atom stereocenters. The van der Waals surface area contributed by atoms with Gasteiger partial charge in [0.1, 0.15) is 18.2 Å². The molecule has 5 heterocycles. The molecule has 3 aromatic rings. The second kappa shape index (κ2) is 21.5. The molecule has 64 heavy (non-hydrogen) atoms. The molecule has 1 saturated carbocycles. The summed E-state index contributed by atoms with van der Waals surface area (Å²) in [4.78, 5) is 84.7. The molecular weight excluding hydrogens is 830 g/mol. The molecule has 0 bridgehead atoms. The van der Waals surface area contributed by atoms with Gasteiger partial charge in [0.25, 0.3) is 0 Å². The van der Waals surface area contributed by atoms with E-state index in [9.17, 15) is 37.1 Å². The van der Waals surface area contributed by atoms with Crippen LogP contribution in [0.2, 0.25) is 0 Å². The summed E-state index contributed by atoms with van der Waals surface area (Å²) in [7, 11) is 1.74. The van der Waals surface area contributed by atoms with Gasteiger partial charge in [0, 0.05) is 102 Å². The average molecular weight is 891 g/mol. The van der Waals surface area contributed by atoms with Crippen LogP contribution in [0.15, 0.2) is 49.1 Å². The summed E-state index contributed by atoms with van der Waals surface area (Å²) >= 11 is 0. The van der Waals surface area contributed by atoms with Crippen molar-refractivity contribution in [3.8, 4) is 0 Å². The van der Waals surface area contributed by atoms with Crippen molar-refractivity contribution in [2.24, 2.45) is 11.8 Å². The molecule has 18 heteroatoms. The smallest absolute Gasteiger partial charge is 0.358 e. The highest BCUT2D eigenvalue weighted by Crippen LogP contribution is 2.37. The number of amides is 5. The maximum absolute atomic E-state index is 13.4. The predicted molar refractivity (Wildman–Crippen MR) is 233 cm³/mol. The number of carbonyl (C=O) groups is 5. The van der Waals surface area contributed by atoms with E-state index in [4.69, 9.17) is 0 Å². The summed E-state index contributed by atoms with van der Waals surface area (Å²) < 4.78 is 40.1. The fraction of sp³-hybridized carbons (Fsp3) is 0.609. The Labute approximate surface area is 372 Å². The predicted octanol–water partition coefficient (Wildman–Crippen LogP) is 4.94. The number of fused-ring (bicyclic) bond motifs is 1. The van der Waals surface area contributed by atoms with Crippen LogP contribution in [0.1, 0.15) is 101 Å². The number of likely N-dealkylation sites (tertiary alicyclic amines) is 2. The van der Waals surface area contributed by atoms with Crippen molar-refractivity contribution in [2.45, 2.75) is 108 Å². The quantitative estimate of drug-likeness (QED) is 0.149. The van der Waals surface area contributed by atoms with E-state index in [0.29, 0.717) is 50.6 Å². The topological polar surface area (TPSA) is 173 Å². The third kappa shape index (κ3) is 11.6. The van der Waals surface area contributed by atoms with Crippen LogP contribution in [0.5, 0.6) is 0 Å². The van der Waals surface area contributed by atoms with Crippen LogP contribution >= 0.6 is 0 Å². The number of hydrogen-bond acceptors (Lipinski definition) is 10. The minimum absolute atomic E-state index is 0.00474. The van der Waals surface area contributed by atoms with Crippen molar-refractivity contribution in [3.05, 3.63) is 60.2 Å². The normalized spacial score (nSPS) is 23.2. The summed E-state index contributed by atoms with van der Waals surface area (Å²) in [6, 6.07) is 6.43. The van der Waals surface area contributed by atoms with Crippen molar-refractivity contribution in [3.63, 3.8) is 0 Å². The Kier molecular flexibility index (Phi) is 15.7. The number of benzene rings is 1. The molecule has 7 rings (SSSR count). The van der Waals surface area contributed by atoms with Gasteiger partial charge in [-0.1, -0.05) is 31.7 Å². The van der Waals surface area contributed by atoms with E-state index in [0.717, 1.165) is 108 Å². The van der Waals surface area contributed by atoms with Crippen LogP contribution in [0.3, 0.4) is 0 Å². The van der Waals surface area contributed by atoms with Gasteiger partial charge < -0.3 is 30.7 Å². The molecule has 346 valence electrons. The Bertz CT molecular complexity index is 2090. The number of nitrogens with one attached hydrogen (secondary N) is 3. The number of hydrogen-bond donors (Lipinski definition) is 3. The Balaban J connectivity index is 0.710. The molecule has 3 N–H and O–H groups in total. The zero-order valence-electron chi connectivity index (χ0n) is 36.7.